The normalized spacial score (nSPS) is 11.6. The minimum atomic E-state index is -4.73. The number of ketones is 1. The molecule has 0 heterocycles. The zero-order chi connectivity index (χ0) is 16.2. The molecule has 3 nitrogen and oxygen atoms in total. The van der Waals surface area contributed by atoms with E-state index in [9.17, 15) is 18.0 Å². The predicted octanol–water partition coefficient (Wildman–Crippen LogP) is 4.19. The monoisotopic (exact) mass is 308 g/mol. The lowest BCUT2D eigenvalue weighted by molar-refractivity contribution is -0.274. The van der Waals surface area contributed by atoms with Crippen LogP contribution in [-0.2, 0) is 0 Å². The molecule has 0 saturated carbocycles. The van der Waals surface area contributed by atoms with Crippen LogP contribution in [0.2, 0.25) is 0 Å². The second kappa shape index (κ2) is 6.34. The fourth-order valence-electron chi connectivity index (χ4n) is 1.67. The number of alkyl halides is 3. The fourth-order valence-corrected chi connectivity index (χ4v) is 1.67. The van der Waals surface area contributed by atoms with Crippen molar-refractivity contribution in [1.29, 1.82) is 0 Å². The third-order valence-electron chi connectivity index (χ3n) is 2.69. The van der Waals surface area contributed by atoms with E-state index in [1.54, 1.807) is 0 Å². The predicted molar refractivity (Wildman–Crippen MR) is 74.6 cm³/mol. The summed E-state index contributed by atoms with van der Waals surface area (Å²) in [5.41, 5.74) is 0.952. The van der Waals surface area contributed by atoms with Crippen molar-refractivity contribution in [2.75, 3.05) is 0 Å². The smallest absolute Gasteiger partial charge is 0.508 e. The average molecular weight is 308 g/mol. The van der Waals surface area contributed by atoms with Gasteiger partial charge in [-0.1, -0.05) is 18.2 Å². The molecule has 0 radical (unpaired) electrons. The van der Waals surface area contributed by atoms with Crippen LogP contribution in [0.5, 0.6) is 11.5 Å². The Labute approximate surface area is 124 Å². The van der Waals surface area contributed by atoms with Crippen molar-refractivity contribution in [3.63, 3.8) is 0 Å². The highest BCUT2D eigenvalue weighted by Crippen LogP contribution is 2.23. The van der Waals surface area contributed by atoms with E-state index in [-0.39, 0.29) is 17.3 Å². The molecule has 0 aliphatic heterocycles. The molecule has 6 heteroatoms. The standard InChI is InChI=1S/C16H11F3O3/c17-16(18,19)22-14-8-1-11(2-9-14)3-10-15(21)12-4-6-13(20)7-5-12/h1-10,20H. The number of carbonyl (C=O) groups excluding carboxylic acids is 1. The zero-order valence-electron chi connectivity index (χ0n) is 11.2. The minimum absolute atomic E-state index is 0.0563. The fraction of sp³-hybridized carbons (Fsp3) is 0.0625. The Morgan fingerprint density at radius 2 is 1.59 bits per heavy atom. The van der Waals surface area contributed by atoms with Crippen LogP contribution >= 0.6 is 0 Å². The molecule has 2 aromatic rings. The van der Waals surface area contributed by atoms with Gasteiger partial charge in [0, 0.05) is 5.56 Å². The number of allylic oxidation sites excluding steroid dienone is 1. The van der Waals surface area contributed by atoms with Gasteiger partial charge in [0.2, 0.25) is 0 Å². The lowest BCUT2D eigenvalue weighted by atomic mass is 10.1. The van der Waals surface area contributed by atoms with E-state index in [0.29, 0.717) is 11.1 Å². The lowest BCUT2D eigenvalue weighted by Crippen LogP contribution is -2.16. The Balaban J connectivity index is 2.04. The molecule has 0 aliphatic carbocycles. The number of halogens is 3. The Morgan fingerprint density at radius 3 is 2.14 bits per heavy atom. The van der Waals surface area contributed by atoms with Crippen LogP contribution in [0.25, 0.3) is 6.08 Å². The van der Waals surface area contributed by atoms with Crippen molar-refractivity contribution in [2.24, 2.45) is 0 Å². The summed E-state index contributed by atoms with van der Waals surface area (Å²) < 4.78 is 39.8. The van der Waals surface area contributed by atoms with E-state index in [1.807, 2.05) is 0 Å². The van der Waals surface area contributed by atoms with Gasteiger partial charge in [0.25, 0.3) is 0 Å². The molecule has 0 aliphatic rings. The summed E-state index contributed by atoms with van der Waals surface area (Å²) in [4.78, 5) is 11.8. The van der Waals surface area contributed by atoms with Gasteiger partial charge >= 0.3 is 6.36 Å². The van der Waals surface area contributed by atoms with Gasteiger partial charge < -0.3 is 9.84 Å². The SMILES string of the molecule is O=C(C=Cc1ccc(OC(F)(F)F)cc1)c1ccc(O)cc1. The highest BCUT2D eigenvalue weighted by Gasteiger charge is 2.30. The summed E-state index contributed by atoms with van der Waals surface area (Å²) in [5.74, 6) is -0.550. The Kier molecular flexibility index (Phi) is 4.50. The van der Waals surface area contributed by atoms with Crippen molar-refractivity contribution in [3.05, 3.63) is 65.7 Å². The van der Waals surface area contributed by atoms with E-state index in [0.717, 1.165) is 12.1 Å². The number of carbonyl (C=O) groups is 1. The van der Waals surface area contributed by atoms with Crippen LogP contribution in [0, 0.1) is 0 Å². The van der Waals surface area contributed by atoms with Gasteiger partial charge in [0.05, 0.1) is 0 Å². The maximum Gasteiger partial charge on any atom is 0.573 e. The second-order valence-electron chi connectivity index (χ2n) is 4.36. The van der Waals surface area contributed by atoms with E-state index >= 15 is 0 Å². The van der Waals surface area contributed by atoms with Crippen LogP contribution in [0.3, 0.4) is 0 Å². The summed E-state index contributed by atoms with van der Waals surface area (Å²) >= 11 is 0. The molecular weight excluding hydrogens is 297 g/mol. The first-order valence-electron chi connectivity index (χ1n) is 6.21. The van der Waals surface area contributed by atoms with Crippen LogP contribution < -0.4 is 4.74 Å². The minimum Gasteiger partial charge on any atom is -0.508 e. The summed E-state index contributed by atoms with van der Waals surface area (Å²) in [6.07, 6.45) is -1.95. The molecular formula is C16H11F3O3. The quantitative estimate of drug-likeness (QED) is 0.680. The summed E-state index contributed by atoms with van der Waals surface area (Å²) in [6, 6.07) is 10.9. The summed E-state index contributed by atoms with van der Waals surface area (Å²) in [5, 5.41) is 9.13. The maximum absolute atomic E-state index is 12.0. The lowest BCUT2D eigenvalue weighted by Gasteiger charge is -2.08. The number of hydrogen-bond donors (Lipinski definition) is 1. The molecule has 0 fully saturated rings. The van der Waals surface area contributed by atoms with Crippen molar-refractivity contribution in [1.82, 2.24) is 0 Å². The number of benzene rings is 2. The van der Waals surface area contributed by atoms with E-state index < -0.39 is 6.36 Å². The first kappa shape index (κ1) is 15.6. The maximum atomic E-state index is 12.0. The van der Waals surface area contributed by atoms with Gasteiger partial charge in [-0.2, -0.15) is 0 Å². The number of phenolic OH excluding ortho intramolecular Hbond substituents is 1. The third kappa shape index (κ3) is 4.66. The molecule has 22 heavy (non-hydrogen) atoms. The molecule has 2 rings (SSSR count). The molecule has 0 bridgehead atoms. The van der Waals surface area contributed by atoms with Gasteiger partial charge in [-0.3, -0.25) is 4.79 Å². The number of rotatable bonds is 4. The molecule has 0 unspecified atom stereocenters. The zero-order valence-corrected chi connectivity index (χ0v) is 11.2. The first-order valence-corrected chi connectivity index (χ1v) is 6.21. The third-order valence-corrected chi connectivity index (χ3v) is 2.69. The van der Waals surface area contributed by atoms with Gasteiger partial charge in [-0.15, -0.1) is 13.2 Å². The summed E-state index contributed by atoms with van der Waals surface area (Å²) in [7, 11) is 0. The molecule has 1 N–H and O–H groups in total. The topological polar surface area (TPSA) is 46.5 Å². The second-order valence-corrected chi connectivity index (χ2v) is 4.36. The molecule has 0 atom stereocenters. The molecule has 114 valence electrons. The van der Waals surface area contributed by atoms with Crippen molar-refractivity contribution in [2.45, 2.75) is 6.36 Å². The molecule has 0 aromatic heterocycles. The van der Waals surface area contributed by atoms with Crippen molar-refractivity contribution >= 4 is 11.9 Å². The molecule has 0 saturated heterocycles. The number of hydrogen-bond acceptors (Lipinski definition) is 3. The van der Waals surface area contributed by atoms with E-state index in [4.69, 9.17) is 5.11 Å². The number of aromatic hydroxyl groups is 1. The van der Waals surface area contributed by atoms with Crippen LogP contribution in [-0.4, -0.2) is 17.3 Å². The average Bonchev–Trinajstić information content (AvgIpc) is 2.45. The first-order chi connectivity index (χ1) is 10.3. The summed E-state index contributed by atoms with van der Waals surface area (Å²) in [6.45, 7) is 0. The Morgan fingerprint density at radius 1 is 1.00 bits per heavy atom. The molecule has 2 aromatic carbocycles. The van der Waals surface area contributed by atoms with Gasteiger partial charge in [0.1, 0.15) is 11.5 Å². The van der Waals surface area contributed by atoms with E-state index in [2.05, 4.69) is 4.74 Å². The van der Waals surface area contributed by atoms with E-state index in [1.165, 1.54) is 48.6 Å². The Bertz CT molecular complexity index is 671. The van der Waals surface area contributed by atoms with Crippen molar-refractivity contribution < 1.29 is 27.8 Å². The van der Waals surface area contributed by atoms with Gasteiger partial charge in [0.15, 0.2) is 5.78 Å². The van der Waals surface area contributed by atoms with Crippen LogP contribution in [0.15, 0.2) is 54.6 Å². The van der Waals surface area contributed by atoms with Crippen molar-refractivity contribution in [3.8, 4) is 11.5 Å². The highest BCUT2D eigenvalue weighted by atomic mass is 19.4. The number of phenols is 1. The van der Waals surface area contributed by atoms with Gasteiger partial charge in [-0.05, 0) is 48.0 Å². The van der Waals surface area contributed by atoms with Crippen LogP contribution in [0.4, 0.5) is 13.2 Å². The highest BCUT2D eigenvalue weighted by molar-refractivity contribution is 6.06. The molecule has 0 amide bonds. The number of ether oxygens (including phenoxy) is 1. The largest absolute Gasteiger partial charge is 0.573 e. The Hall–Kier alpha value is -2.76. The van der Waals surface area contributed by atoms with Gasteiger partial charge in [-0.25, -0.2) is 0 Å². The molecule has 0 spiro atoms. The van der Waals surface area contributed by atoms with Crippen LogP contribution in [0.1, 0.15) is 15.9 Å².